The third-order valence-electron chi connectivity index (χ3n) is 3.35. The molecule has 0 heterocycles. The van der Waals surface area contributed by atoms with E-state index in [-0.39, 0.29) is 22.0 Å². The average molecular weight is 436 g/mol. The van der Waals surface area contributed by atoms with Gasteiger partial charge in [0.15, 0.2) is 0 Å². The Morgan fingerprint density at radius 2 is 1.68 bits per heavy atom. The molecule has 154 valence electrons. The Bertz CT molecular complexity index is 917. The van der Waals surface area contributed by atoms with Crippen LogP contribution in [0.4, 0.5) is 24.5 Å². The molecule has 28 heavy (non-hydrogen) atoms. The van der Waals surface area contributed by atoms with Crippen LogP contribution in [-0.4, -0.2) is 26.7 Å². The number of sulfonamides is 1. The SMILES string of the molecule is C/C(=N\N(C)c1ccccc1)c1cc(Cl)ccc1NS(=O)(=O)C(F)(F)F.CC. The maximum atomic E-state index is 12.6. The van der Waals surface area contributed by atoms with Crippen molar-refractivity contribution in [2.24, 2.45) is 5.10 Å². The minimum absolute atomic E-state index is 0.133. The fourth-order valence-electron chi connectivity index (χ4n) is 2.09. The second-order valence-electron chi connectivity index (χ2n) is 5.29. The molecule has 0 aliphatic carbocycles. The van der Waals surface area contributed by atoms with Gasteiger partial charge in [-0.05, 0) is 37.3 Å². The molecule has 0 saturated heterocycles. The van der Waals surface area contributed by atoms with Gasteiger partial charge in [-0.2, -0.15) is 26.7 Å². The summed E-state index contributed by atoms with van der Waals surface area (Å²) in [5, 5.41) is 6.03. The lowest BCUT2D eigenvalue weighted by Gasteiger charge is -2.17. The minimum Gasteiger partial charge on any atom is -0.275 e. The van der Waals surface area contributed by atoms with Crippen LogP contribution in [0, 0.1) is 0 Å². The first-order chi connectivity index (χ1) is 13.0. The fourth-order valence-corrected chi connectivity index (χ4v) is 2.84. The lowest BCUT2D eigenvalue weighted by atomic mass is 10.1. The van der Waals surface area contributed by atoms with Gasteiger partial charge in [-0.1, -0.05) is 43.6 Å². The highest BCUT2D eigenvalue weighted by Gasteiger charge is 2.46. The van der Waals surface area contributed by atoms with Gasteiger partial charge in [0, 0.05) is 17.6 Å². The lowest BCUT2D eigenvalue weighted by Crippen LogP contribution is -2.30. The summed E-state index contributed by atoms with van der Waals surface area (Å²) in [5.41, 5.74) is -4.55. The number of nitrogens with zero attached hydrogens (tertiary/aromatic N) is 2. The third kappa shape index (κ3) is 6.13. The van der Waals surface area contributed by atoms with E-state index >= 15 is 0 Å². The van der Waals surface area contributed by atoms with Crippen molar-refractivity contribution in [3.63, 3.8) is 0 Å². The van der Waals surface area contributed by atoms with E-state index in [0.717, 1.165) is 11.8 Å². The standard InChI is InChI=1S/C16H15ClF3N3O2S.C2H6/c1-11(21-23(2)13-6-4-3-5-7-13)14-10-12(17)8-9-15(14)22-26(24,25)16(18,19)20;1-2/h3-10,22H,1-2H3;1-2H3/b21-11+;. The molecule has 0 saturated carbocycles. The van der Waals surface area contributed by atoms with Crippen LogP contribution >= 0.6 is 11.6 Å². The first-order valence-electron chi connectivity index (χ1n) is 8.24. The number of hydrogen-bond donors (Lipinski definition) is 1. The van der Waals surface area contributed by atoms with Crippen LogP contribution in [0.5, 0.6) is 0 Å². The molecule has 0 unspecified atom stereocenters. The molecular weight excluding hydrogens is 415 g/mol. The molecule has 0 bridgehead atoms. The van der Waals surface area contributed by atoms with Crippen molar-refractivity contribution >= 4 is 38.7 Å². The Hall–Kier alpha value is -2.26. The van der Waals surface area contributed by atoms with Crippen LogP contribution in [0.25, 0.3) is 0 Å². The predicted octanol–water partition coefficient (Wildman–Crippen LogP) is 5.49. The number of halogens is 4. The van der Waals surface area contributed by atoms with Gasteiger partial charge in [-0.15, -0.1) is 0 Å². The molecule has 2 aromatic carbocycles. The van der Waals surface area contributed by atoms with Gasteiger partial charge in [0.1, 0.15) is 0 Å². The summed E-state index contributed by atoms with van der Waals surface area (Å²) in [4.78, 5) is 0. The Labute approximate surface area is 167 Å². The number of hydrogen-bond acceptors (Lipinski definition) is 4. The van der Waals surface area contributed by atoms with E-state index in [9.17, 15) is 21.6 Å². The van der Waals surface area contributed by atoms with Crippen LogP contribution in [0.15, 0.2) is 53.6 Å². The van der Waals surface area contributed by atoms with E-state index in [1.54, 1.807) is 31.3 Å². The van der Waals surface area contributed by atoms with Crippen molar-refractivity contribution < 1.29 is 21.6 Å². The fraction of sp³-hybridized carbons (Fsp3) is 0.278. The van der Waals surface area contributed by atoms with E-state index in [0.29, 0.717) is 0 Å². The summed E-state index contributed by atoms with van der Waals surface area (Å²) in [6.45, 7) is 5.54. The van der Waals surface area contributed by atoms with Gasteiger partial charge in [0.05, 0.1) is 17.1 Å². The zero-order chi connectivity index (χ0) is 21.5. The van der Waals surface area contributed by atoms with Crippen molar-refractivity contribution in [2.75, 3.05) is 16.8 Å². The number of alkyl halides is 3. The molecule has 10 heteroatoms. The molecule has 0 atom stereocenters. The molecule has 0 fully saturated rings. The van der Waals surface area contributed by atoms with E-state index in [1.807, 2.05) is 19.9 Å². The monoisotopic (exact) mass is 435 g/mol. The van der Waals surface area contributed by atoms with Gasteiger partial charge in [0.25, 0.3) is 0 Å². The van der Waals surface area contributed by atoms with Crippen molar-refractivity contribution in [1.29, 1.82) is 0 Å². The second-order valence-corrected chi connectivity index (χ2v) is 7.40. The average Bonchev–Trinajstić information content (AvgIpc) is 2.64. The van der Waals surface area contributed by atoms with E-state index in [1.165, 1.54) is 28.8 Å². The molecule has 0 spiro atoms. The predicted molar refractivity (Wildman–Crippen MR) is 108 cm³/mol. The summed E-state index contributed by atoms with van der Waals surface area (Å²) in [6, 6.07) is 12.8. The summed E-state index contributed by atoms with van der Waals surface area (Å²) < 4.78 is 62.3. The summed E-state index contributed by atoms with van der Waals surface area (Å²) in [6.07, 6.45) is 0. The molecule has 2 aromatic rings. The maximum Gasteiger partial charge on any atom is 0.516 e. The van der Waals surface area contributed by atoms with E-state index < -0.39 is 15.5 Å². The molecule has 1 N–H and O–H groups in total. The summed E-state index contributed by atoms with van der Waals surface area (Å²) in [5.74, 6) is 0. The Morgan fingerprint density at radius 3 is 2.21 bits per heavy atom. The maximum absolute atomic E-state index is 12.6. The summed E-state index contributed by atoms with van der Waals surface area (Å²) >= 11 is 5.91. The summed E-state index contributed by atoms with van der Waals surface area (Å²) in [7, 11) is -3.91. The normalized spacial score (nSPS) is 12.1. The Morgan fingerprint density at radius 1 is 1.11 bits per heavy atom. The van der Waals surface area contributed by atoms with Crippen LogP contribution in [0.2, 0.25) is 5.02 Å². The zero-order valence-electron chi connectivity index (χ0n) is 15.7. The van der Waals surface area contributed by atoms with E-state index in [4.69, 9.17) is 11.6 Å². The highest BCUT2D eigenvalue weighted by molar-refractivity contribution is 7.93. The first kappa shape index (κ1) is 23.8. The van der Waals surface area contributed by atoms with Crippen LogP contribution in [0.1, 0.15) is 26.3 Å². The molecule has 0 amide bonds. The molecule has 0 radical (unpaired) electrons. The molecule has 5 nitrogen and oxygen atoms in total. The number of benzene rings is 2. The van der Waals surface area contributed by atoms with Gasteiger partial charge in [-0.25, -0.2) is 0 Å². The number of para-hydroxylation sites is 1. The second kappa shape index (κ2) is 9.79. The van der Waals surface area contributed by atoms with Crippen LogP contribution in [0.3, 0.4) is 0 Å². The van der Waals surface area contributed by atoms with Crippen molar-refractivity contribution in [2.45, 2.75) is 26.3 Å². The quantitative estimate of drug-likeness (QED) is 0.499. The molecule has 0 aliphatic rings. The number of anilines is 2. The lowest BCUT2D eigenvalue weighted by molar-refractivity contribution is -0.0429. The third-order valence-corrected chi connectivity index (χ3v) is 4.68. The zero-order valence-corrected chi connectivity index (χ0v) is 17.3. The highest BCUT2D eigenvalue weighted by Crippen LogP contribution is 2.29. The molecule has 2 rings (SSSR count). The molecule has 0 aliphatic heterocycles. The van der Waals surface area contributed by atoms with Gasteiger partial charge in [0.2, 0.25) is 0 Å². The number of nitrogens with one attached hydrogen (secondary N) is 1. The van der Waals surface area contributed by atoms with Gasteiger partial charge < -0.3 is 0 Å². The highest BCUT2D eigenvalue weighted by atomic mass is 35.5. The van der Waals surface area contributed by atoms with Crippen LogP contribution < -0.4 is 9.73 Å². The Kier molecular flexibility index (Phi) is 8.31. The van der Waals surface area contributed by atoms with E-state index in [2.05, 4.69) is 5.10 Å². The Balaban J connectivity index is 0.00000190. The van der Waals surface area contributed by atoms with Crippen molar-refractivity contribution in [1.82, 2.24) is 0 Å². The first-order valence-corrected chi connectivity index (χ1v) is 10.1. The van der Waals surface area contributed by atoms with Crippen LogP contribution in [-0.2, 0) is 10.0 Å². The molecule has 0 aromatic heterocycles. The smallest absolute Gasteiger partial charge is 0.275 e. The topological polar surface area (TPSA) is 61.8 Å². The van der Waals surface area contributed by atoms with Gasteiger partial charge in [-0.3, -0.25) is 9.73 Å². The minimum atomic E-state index is -5.56. The van der Waals surface area contributed by atoms with Gasteiger partial charge >= 0.3 is 15.5 Å². The van der Waals surface area contributed by atoms with Crippen molar-refractivity contribution in [3.05, 3.63) is 59.1 Å². The molecular formula is C18H21ClF3N3O2S. The number of hydrazone groups is 1. The number of rotatable bonds is 5. The van der Waals surface area contributed by atoms with Crippen molar-refractivity contribution in [3.8, 4) is 0 Å². The largest absolute Gasteiger partial charge is 0.516 e.